The summed E-state index contributed by atoms with van der Waals surface area (Å²) >= 11 is 0. The van der Waals surface area contributed by atoms with Crippen molar-refractivity contribution in [1.29, 1.82) is 0 Å². The molecule has 0 saturated heterocycles. The highest BCUT2D eigenvalue weighted by atomic mass is 16.2. The Hall–Kier alpha value is -1.36. The lowest BCUT2D eigenvalue weighted by Crippen LogP contribution is -2.39. The van der Waals surface area contributed by atoms with E-state index in [0.29, 0.717) is 6.04 Å². The molecule has 1 aromatic heterocycles. The Morgan fingerprint density at radius 3 is 2.78 bits per heavy atom. The smallest absolute Gasteiger partial charge is 0.243 e. The van der Waals surface area contributed by atoms with Crippen molar-refractivity contribution in [3.05, 3.63) is 18.2 Å². The number of hydrogen-bond donors (Lipinski definition) is 2. The molecule has 1 saturated carbocycles. The first kappa shape index (κ1) is 13.1. The molecule has 0 radical (unpaired) electrons. The zero-order chi connectivity index (χ0) is 13.3. The van der Waals surface area contributed by atoms with Gasteiger partial charge in [0.15, 0.2) is 0 Å². The predicted octanol–water partition coefficient (Wildman–Crippen LogP) is 1.18. The number of amides is 1. The highest BCUT2D eigenvalue weighted by Crippen LogP contribution is 2.24. The Kier molecular flexibility index (Phi) is 3.43. The monoisotopic (exact) mass is 250 g/mol. The molecule has 2 N–H and O–H groups in total. The molecule has 5 heteroatoms. The highest BCUT2D eigenvalue weighted by Gasteiger charge is 2.29. The summed E-state index contributed by atoms with van der Waals surface area (Å²) in [4.78, 5) is 16.3. The van der Waals surface area contributed by atoms with Crippen LogP contribution in [0.3, 0.4) is 0 Å². The minimum absolute atomic E-state index is 0.0728. The fraction of sp³-hybridized carbons (Fsp3) is 0.692. The molecule has 5 nitrogen and oxygen atoms in total. The van der Waals surface area contributed by atoms with Gasteiger partial charge in [-0.25, -0.2) is 4.98 Å². The van der Waals surface area contributed by atoms with E-state index in [9.17, 15) is 4.79 Å². The fourth-order valence-corrected chi connectivity index (χ4v) is 1.90. The van der Waals surface area contributed by atoms with Crippen LogP contribution in [-0.2, 0) is 10.3 Å². The molecule has 1 aromatic rings. The molecule has 1 fully saturated rings. The summed E-state index contributed by atoms with van der Waals surface area (Å²) in [5.74, 6) is 0.0728. The van der Waals surface area contributed by atoms with Crippen LogP contribution in [0.2, 0.25) is 0 Å². The number of nitrogens with zero attached hydrogens (tertiary/aromatic N) is 2. The van der Waals surface area contributed by atoms with Gasteiger partial charge in [-0.05, 0) is 40.7 Å². The van der Waals surface area contributed by atoms with Gasteiger partial charge in [-0.1, -0.05) is 0 Å². The van der Waals surface area contributed by atoms with E-state index >= 15 is 0 Å². The molecule has 18 heavy (non-hydrogen) atoms. The third kappa shape index (κ3) is 2.56. The van der Waals surface area contributed by atoms with Crippen LogP contribution in [0.1, 0.15) is 45.3 Å². The normalized spacial score (nSPS) is 17.6. The molecule has 1 unspecified atom stereocenters. The van der Waals surface area contributed by atoms with E-state index < -0.39 is 0 Å². The molecule has 0 spiro atoms. The number of aromatic nitrogens is 2. The maximum Gasteiger partial charge on any atom is 0.243 e. The Morgan fingerprint density at radius 2 is 2.22 bits per heavy atom. The van der Waals surface area contributed by atoms with Crippen LogP contribution >= 0.6 is 0 Å². The lowest BCUT2D eigenvalue weighted by atomic mass is 10.0. The molecule has 2 rings (SSSR count). The third-order valence-corrected chi connectivity index (χ3v) is 3.65. The van der Waals surface area contributed by atoms with E-state index in [0.717, 1.165) is 18.5 Å². The van der Waals surface area contributed by atoms with E-state index in [2.05, 4.69) is 29.5 Å². The second-order valence-electron chi connectivity index (χ2n) is 5.52. The van der Waals surface area contributed by atoms with E-state index in [-0.39, 0.29) is 17.5 Å². The third-order valence-electron chi connectivity index (χ3n) is 3.65. The quantitative estimate of drug-likeness (QED) is 0.825. The minimum atomic E-state index is -0.226. The summed E-state index contributed by atoms with van der Waals surface area (Å²) in [5.41, 5.74) is 0.813. The average Bonchev–Trinajstić information content (AvgIpc) is 3.00. The van der Waals surface area contributed by atoms with Crippen molar-refractivity contribution in [2.45, 2.75) is 51.2 Å². The molecule has 1 aliphatic rings. The number of hydrogen-bond acceptors (Lipinski definition) is 3. The van der Waals surface area contributed by atoms with Gasteiger partial charge in [0, 0.05) is 6.04 Å². The molecule has 0 aliphatic heterocycles. The minimum Gasteiger partial charge on any atom is -0.352 e. The number of carbonyl (C=O) groups is 1. The van der Waals surface area contributed by atoms with Crippen LogP contribution < -0.4 is 10.6 Å². The summed E-state index contributed by atoms with van der Waals surface area (Å²) < 4.78 is 1.94. The van der Waals surface area contributed by atoms with Gasteiger partial charge >= 0.3 is 0 Å². The van der Waals surface area contributed by atoms with Crippen LogP contribution in [-0.4, -0.2) is 28.5 Å². The summed E-state index contributed by atoms with van der Waals surface area (Å²) in [6.45, 7) is 6.06. The van der Waals surface area contributed by atoms with Crippen LogP contribution in [0, 0.1) is 0 Å². The molecule has 0 aromatic carbocycles. The number of nitrogens with one attached hydrogen (secondary N) is 2. The molecule has 0 bridgehead atoms. The number of carbonyl (C=O) groups excluding carboxylic acids is 1. The Bertz CT molecular complexity index is 434. The van der Waals surface area contributed by atoms with Crippen LogP contribution in [0.15, 0.2) is 12.5 Å². The largest absolute Gasteiger partial charge is 0.352 e. The summed E-state index contributed by atoms with van der Waals surface area (Å²) in [7, 11) is 1.91. The lowest BCUT2D eigenvalue weighted by molar-refractivity contribution is -0.124. The van der Waals surface area contributed by atoms with Gasteiger partial charge in [-0.3, -0.25) is 4.79 Å². The van der Waals surface area contributed by atoms with Gasteiger partial charge in [0.1, 0.15) is 6.04 Å². The molecule has 100 valence electrons. The van der Waals surface area contributed by atoms with Crippen LogP contribution in [0.5, 0.6) is 0 Å². The van der Waals surface area contributed by atoms with Gasteiger partial charge in [-0.2, -0.15) is 0 Å². The maximum absolute atomic E-state index is 12.1. The molecule has 1 heterocycles. The predicted molar refractivity (Wildman–Crippen MR) is 70.2 cm³/mol. The highest BCUT2D eigenvalue weighted by molar-refractivity contribution is 5.80. The standard InChI is InChI=1S/C13H22N4O/c1-9(12(18)16-10-5-6-10)17-8-15-7-11(17)13(2,3)14-4/h7-10,14H,5-6H2,1-4H3,(H,16,18). The summed E-state index contributed by atoms with van der Waals surface area (Å²) in [5, 5.41) is 6.27. The fourth-order valence-electron chi connectivity index (χ4n) is 1.90. The van der Waals surface area contributed by atoms with Gasteiger partial charge in [0.25, 0.3) is 0 Å². The first-order chi connectivity index (χ1) is 8.45. The zero-order valence-corrected chi connectivity index (χ0v) is 11.5. The van der Waals surface area contributed by atoms with Gasteiger partial charge < -0.3 is 15.2 Å². The maximum atomic E-state index is 12.1. The molecular formula is C13H22N4O. The average molecular weight is 250 g/mol. The van der Waals surface area contributed by atoms with Crippen molar-refractivity contribution < 1.29 is 4.79 Å². The van der Waals surface area contributed by atoms with E-state index in [1.165, 1.54) is 0 Å². The Labute approximate surface area is 108 Å². The lowest BCUT2D eigenvalue weighted by Gasteiger charge is -2.27. The number of rotatable bonds is 5. The van der Waals surface area contributed by atoms with Crippen molar-refractivity contribution in [3.8, 4) is 0 Å². The SMILES string of the molecule is CNC(C)(C)c1cncn1C(C)C(=O)NC1CC1. The van der Waals surface area contributed by atoms with E-state index in [1.54, 1.807) is 6.33 Å². The second-order valence-corrected chi connectivity index (χ2v) is 5.52. The Morgan fingerprint density at radius 1 is 1.56 bits per heavy atom. The van der Waals surface area contributed by atoms with Crippen LogP contribution in [0.4, 0.5) is 0 Å². The van der Waals surface area contributed by atoms with Crippen molar-refractivity contribution >= 4 is 5.91 Å². The molecular weight excluding hydrogens is 228 g/mol. The van der Waals surface area contributed by atoms with Gasteiger partial charge in [0.05, 0.1) is 23.8 Å². The van der Waals surface area contributed by atoms with Crippen molar-refractivity contribution in [2.24, 2.45) is 0 Å². The van der Waals surface area contributed by atoms with Crippen molar-refractivity contribution in [2.75, 3.05) is 7.05 Å². The molecule has 1 amide bonds. The summed E-state index contributed by atoms with van der Waals surface area (Å²) in [6, 6.07) is 0.167. The molecule has 1 aliphatic carbocycles. The first-order valence-corrected chi connectivity index (χ1v) is 6.47. The van der Waals surface area contributed by atoms with Crippen molar-refractivity contribution in [3.63, 3.8) is 0 Å². The van der Waals surface area contributed by atoms with Crippen LogP contribution in [0.25, 0.3) is 0 Å². The van der Waals surface area contributed by atoms with Gasteiger partial charge in [-0.15, -0.1) is 0 Å². The van der Waals surface area contributed by atoms with Crippen molar-refractivity contribution in [1.82, 2.24) is 20.2 Å². The van der Waals surface area contributed by atoms with Gasteiger partial charge in [0.2, 0.25) is 5.91 Å². The van der Waals surface area contributed by atoms with E-state index in [1.807, 2.05) is 24.7 Å². The zero-order valence-electron chi connectivity index (χ0n) is 11.5. The summed E-state index contributed by atoms with van der Waals surface area (Å²) in [6.07, 6.45) is 5.76. The number of imidazole rings is 1. The second kappa shape index (κ2) is 4.72. The topological polar surface area (TPSA) is 59.0 Å². The first-order valence-electron chi connectivity index (χ1n) is 6.47. The Balaban J connectivity index is 2.17. The van der Waals surface area contributed by atoms with E-state index in [4.69, 9.17) is 0 Å². The molecule has 1 atom stereocenters.